The molecule has 0 spiro atoms. The molecule has 1 atom stereocenters. The van der Waals surface area contributed by atoms with Crippen molar-refractivity contribution in [3.63, 3.8) is 0 Å². The molecule has 0 amide bonds. The number of benzene rings is 1. The van der Waals surface area contributed by atoms with Gasteiger partial charge in [-0.05, 0) is 37.8 Å². The van der Waals surface area contributed by atoms with E-state index in [0.717, 1.165) is 11.0 Å². The number of aromatic nitrogens is 2. The van der Waals surface area contributed by atoms with Crippen LogP contribution in [0, 0.1) is 17.2 Å². The van der Waals surface area contributed by atoms with Crippen molar-refractivity contribution in [2.24, 2.45) is 5.92 Å². The molecule has 4 nitrogen and oxygen atoms in total. The summed E-state index contributed by atoms with van der Waals surface area (Å²) in [4.78, 5) is 4.36. The molecule has 1 saturated carbocycles. The van der Waals surface area contributed by atoms with Crippen LogP contribution in [0.5, 0.6) is 0 Å². The van der Waals surface area contributed by atoms with Crippen LogP contribution in [-0.4, -0.2) is 9.55 Å². The first-order valence-corrected chi connectivity index (χ1v) is 6.39. The molecule has 0 saturated heterocycles. The summed E-state index contributed by atoms with van der Waals surface area (Å²) in [5, 5.41) is 9.10. The summed E-state index contributed by atoms with van der Waals surface area (Å²) >= 11 is 0. The third-order valence-corrected chi connectivity index (χ3v) is 4.11. The molecule has 0 aliphatic heterocycles. The number of para-hydroxylation sites is 1. The van der Waals surface area contributed by atoms with Gasteiger partial charge in [0, 0.05) is 6.04 Å². The van der Waals surface area contributed by atoms with Crippen LogP contribution in [0.3, 0.4) is 0 Å². The predicted molar refractivity (Wildman–Crippen MR) is 70.9 cm³/mol. The zero-order chi connectivity index (χ0) is 12.7. The van der Waals surface area contributed by atoms with E-state index in [2.05, 4.69) is 22.5 Å². The maximum atomic E-state index is 9.10. The average Bonchev–Trinajstić information content (AvgIpc) is 2.62. The first kappa shape index (κ1) is 11.1. The molecule has 1 unspecified atom stereocenters. The lowest BCUT2D eigenvalue weighted by Gasteiger charge is -2.33. The van der Waals surface area contributed by atoms with E-state index in [4.69, 9.17) is 11.0 Å². The predicted octanol–water partition coefficient (Wildman–Crippen LogP) is 2.85. The van der Waals surface area contributed by atoms with Gasteiger partial charge in [-0.25, -0.2) is 4.98 Å². The molecule has 1 heterocycles. The Balaban J connectivity index is 2.17. The van der Waals surface area contributed by atoms with Gasteiger partial charge in [0.15, 0.2) is 0 Å². The van der Waals surface area contributed by atoms with E-state index >= 15 is 0 Å². The second-order valence-electron chi connectivity index (χ2n) is 5.06. The van der Waals surface area contributed by atoms with E-state index in [0.29, 0.717) is 23.5 Å². The van der Waals surface area contributed by atoms with E-state index in [-0.39, 0.29) is 0 Å². The Hall–Kier alpha value is -2.02. The van der Waals surface area contributed by atoms with Crippen molar-refractivity contribution in [1.29, 1.82) is 5.26 Å². The van der Waals surface area contributed by atoms with Crippen molar-refractivity contribution in [2.75, 3.05) is 5.73 Å². The van der Waals surface area contributed by atoms with E-state index in [1.165, 1.54) is 19.3 Å². The zero-order valence-electron chi connectivity index (χ0n) is 10.4. The van der Waals surface area contributed by atoms with Crippen LogP contribution in [0.25, 0.3) is 11.0 Å². The SMILES string of the molecule is CC(C1CCC1)n1c(N)nc2c(C#N)cccc21. The van der Waals surface area contributed by atoms with Gasteiger partial charge < -0.3 is 10.3 Å². The quantitative estimate of drug-likeness (QED) is 0.877. The summed E-state index contributed by atoms with van der Waals surface area (Å²) in [6.07, 6.45) is 3.83. The van der Waals surface area contributed by atoms with Crippen molar-refractivity contribution in [3.05, 3.63) is 23.8 Å². The average molecular weight is 240 g/mol. The number of nitriles is 1. The van der Waals surface area contributed by atoms with Crippen LogP contribution >= 0.6 is 0 Å². The highest BCUT2D eigenvalue weighted by molar-refractivity contribution is 5.84. The molecule has 1 aromatic heterocycles. The van der Waals surface area contributed by atoms with Crippen molar-refractivity contribution in [3.8, 4) is 6.07 Å². The Morgan fingerprint density at radius 1 is 1.50 bits per heavy atom. The van der Waals surface area contributed by atoms with Crippen LogP contribution in [0.1, 0.15) is 37.8 Å². The van der Waals surface area contributed by atoms with Gasteiger partial charge in [0.05, 0.1) is 11.1 Å². The molecule has 0 radical (unpaired) electrons. The molecule has 4 heteroatoms. The van der Waals surface area contributed by atoms with Crippen LogP contribution in [0.2, 0.25) is 0 Å². The molecule has 1 aliphatic carbocycles. The third-order valence-electron chi connectivity index (χ3n) is 4.11. The Bertz CT molecular complexity index is 631. The summed E-state index contributed by atoms with van der Waals surface area (Å²) in [5.74, 6) is 1.21. The maximum Gasteiger partial charge on any atom is 0.201 e. The van der Waals surface area contributed by atoms with Crippen molar-refractivity contribution >= 4 is 17.0 Å². The van der Waals surface area contributed by atoms with Crippen LogP contribution in [0.15, 0.2) is 18.2 Å². The van der Waals surface area contributed by atoms with Crippen LogP contribution < -0.4 is 5.73 Å². The summed E-state index contributed by atoms with van der Waals surface area (Å²) in [7, 11) is 0. The van der Waals surface area contributed by atoms with E-state index in [1.54, 1.807) is 6.07 Å². The maximum absolute atomic E-state index is 9.10. The fourth-order valence-corrected chi connectivity index (χ4v) is 2.79. The topological polar surface area (TPSA) is 67.6 Å². The van der Waals surface area contributed by atoms with Crippen LogP contribution in [0.4, 0.5) is 5.95 Å². The monoisotopic (exact) mass is 240 g/mol. The summed E-state index contributed by atoms with van der Waals surface area (Å²) < 4.78 is 2.08. The molecule has 92 valence electrons. The molecule has 2 aromatic rings. The summed E-state index contributed by atoms with van der Waals surface area (Å²) in [6.45, 7) is 2.19. The van der Waals surface area contributed by atoms with Crippen molar-refractivity contribution < 1.29 is 0 Å². The highest BCUT2D eigenvalue weighted by atomic mass is 15.2. The summed E-state index contributed by atoms with van der Waals surface area (Å²) in [6, 6.07) is 8.21. The number of hydrogen-bond donors (Lipinski definition) is 1. The van der Waals surface area contributed by atoms with Crippen molar-refractivity contribution in [1.82, 2.24) is 9.55 Å². The smallest absolute Gasteiger partial charge is 0.201 e. The molecule has 3 rings (SSSR count). The molecular weight excluding hydrogens is 224 g/mol. The number of rotatable bonds is 2. The number of nitrogens with two attached hydrogens (primary N) is 1. The Morgan fingerprint density at radius 3 is 2.89 bits per heavy atom. The first-order valence-electron chi connectivity index (χ1n) is 6.39. The second kappa shape index (κ2) is 4.02. The second-order valence-corrected chi connectivity index (χ2v) is 5.06. The third kappa shape index (κ3) is 1.47. The highest BCUT2D eigenvalue weighted by Crippen LogP contribution is 2.38. The number of fused-ring (bicyclic) bond motifs is 1. The molecule has 1 aromatic carbocycles. The Kier molecular flexibility index (Phi) is 2.48. The highest BCUT2D eigenvalue weighted by Gasteiger charge is 2.27. The number of hydrogen-bond acceptors (Lipinski definition) is 3. The minimum Gasteiger partial charge on any atom is -0.369 e. The largest absolute Gasteiger partial charge is 0.369 e. The number of nitrogens with zero attached hydrogens (tertiary/aromatic N) is 3. The molecule has 2 N–H and O–H groups in total. The van der Waals surface area contributed by atoms with Crippen molar-refractivity contribution in [2.45, 2.75) is 32.2 Å². The van der Waals surface area contributed by atoms with Gasteiger partial charge in [0.2, 0.25) is 5.95 Å². The number of anilines is 1. The molecule has 18 heavy (non-hydrogen) atoms. The molecular formula is C14H16N4. The van der Waals surface area contributed by atoms with Gasteiger partial charge in [0.25, 0.3) is 0 Å². The molecule has 0 bridgehead atoms. The van der Waals surface area contributed by atoms with Gasteiger partial charge in [-0.15, -0.1) is 0 Å². The normalized spacial score (nSPS) is 17.3. The molecule has 1 fully saturated rings. The lowest BCUT2D eigenvalue weighted by molar-refractivity contribution is 0.227. The Morgan fingerprint density at radius 2 is 2.28 bits per heavy atom. The number of nitrogen functional groups attached to an aromatic ring is 1. The van der Waals surface area contributed by atoms with Crippen LogP contribution in [-0.2, 0) is 0 Å². The molecule has 1 aliphatic rings. The minimum atomic E-state index is 0.359. The first-order chi connectivity index (χ1) is 8.72. The fourth-order valence-electron chi connectivity index (χ4n) is 2.79. The Labute approximate surface area is 106 Å². The van der Waals surface area contributed by atoms with E-state index in [1.807, 2.05) is 12.1 Å². The van der Waals surface area contributed by atoms with Gasteiger partial charge in [-0.2, -0.15) is 5.26 Å². The lowest BCUT2D eigenvalue weighted by atomic mass is 9.80. The zero-order valence-corrected chi connectivity index (χ0v) is 10.4. The fraction of sp³-hybridized carbons (Fsp3) is 0.429. The van der Waals surface area contributed by atoms with Gasteiger partial charge in [-0.1, -0.05) is 12.5 Å². The standard InChI is InChI=1S/C14H16N4/c1-9(10-4-2-5-10)18-12-7-3-6-11(8-15)13(12)17-14(18)16/h3,6-7,9-10H,2,4-5H2,1H3,(H2,16,17). The number of imidazole rings is 1. The van der Waals surface area contributed by atoms with Gasteiger partial charge in [-0.3, -0.25) is 0 Å². The van der Waals surface area contributed by atoms with Gasteiger partial charge >= 0.3 is 0 Å². The van der Waals surface area contributed by atoms with E-state index < -0.39 is 0 Å². The minimum absolute atomic E-state index is 0.359. The van der Waals surface area contributed by atoms with Gasteiger partial charge in [0.1, 0.15) is 11.6 Å². The summed E-state index contributed by atoms with van der Waals surface area (Å²) in [5.41, 5.74) is 8.34. The lowest BCUT2D eigenvalue weighted by Crippen LogP contribution is -2.23. The van der Waals surface area contributed by atoms with E-state index in [9.17, 15) is 0 Å².